The highest BCUT2D eigenvalue weighted by molar-refractivity contribution is 6.02. The molecule has 47 heavy (non-hydrogen) atoms. The van der Waals surface area contributed by atoms with Crippen LogP contribution in [0.5, 0.6) is 0 Å². The molecule has 0 aromatic heterocycles. The highest BCUT2D eigenvalue weighted by Gasteiger charge is 2.60. The summed E-state index contributed by atoms with van der Waals surface area (Å²) < 4.78 is 9.05. The second kappa shape index (κ2) is 14.9. The number of Topliss-reactive ketones (excluding diaryl/α,β-unsaturated/α-hetero) is 1. The molecule has 13 heteroatoms. The van der Waals surface area contributed by atoms with E-state index in [1.807, 2.05) is 24.3 Å². The van der Waals surface area contributed by atoms with E-state index in [4.69, 9.17) is 32.7 Å². The molecular weight excluding hydrogens is 608 g/mol. The van der Waals surface area contributed by atoms with Gasteiger partial charge in [0.15, 0.2) is 11.4 Å². The number of cyclic esters (lactones) is 4. The molecule has 2 saturated heterocycles. The van der Waals surface area contributed by atoms with Gasteiger partial charge in [-0.25, -0.2) is 9.78 Å². The molecule has 3 aromatic carbocycles. The van der Waals surface area contributed by atoms with Gasteiger partial charge in [-0.15, -0.1) is 0 Å². The van der Waals surface area contributed by atoms with Crippen molar-refractivity contribution in [1.29, 1.82) is 0 Å². The largest absolute Gasteiger partial charge is 0.399 e. The van der Waals surface area contributed by atoms with Crippen LogP contribution in [0.15, 0.2) is 72.8 Å². The second-order valence-electron chi connectivity index (χ2n) is 11.9. The Kier molecular flexibility index (Phi) is 11.0. The minimum absolute atomic E-state index is 0.0138. The van der Waals surface area contributed by atoms with Crippen molar-refractivity contribution in [3.8, 4) is 0 Å². The van der Waals surface area contributed by atoms with E-state index < -0.39 is 53.1 Å². The maximum atomic E-state index is 12.4. The van der Waals surface area contributed by atoms with Crippen LogP contribution in [0.4, 0.5) is 22.7 Å². The Balaban J connectivity index is 0.000000179. The monoisotopic (exact) mass is 646 g/mol. The van der Waals surface area contributed by atoms with Crippen molar-refractivity contribution in [2.24, 2.45) is 23.7 Å². The molecule has 3 aromatic rings. The summed E-state index contributed by atoms with van der Waals surface area (Å²) in [4.78, 5) is 68.4. The van der Waals surface area contributed by atoms with Crippen molar-refractivity contribution in [2.45, 2.75) is 38.7 Å². The van der Waals surface area contributed by atoms with Crippen molar-refractivity contribution in [3.63, 3.8) is 0 Å². The predicted molar refractivity (Wildman–Crippen MR) is 172 cm³/mol. The fourth-order valence-electron chi connectivity index (χ4n) is 5.58. The van der Waals surface area contributed by atoms with Gasteiger partial charge in [-0.05, 0) is 68.1 Å². The van der Waals surface area contributed by atoms with Gasteiger partial charge in [0.2, 0.25) is 0 Å². The van der Waals surface area contributed by atoms with Crippen LogP contribution >= 0.6 is 0 Å². The van der Waals surface area contributed by atoms with Crippen molar-refractivity contribution < 1.29 is 43.2 Å². The molecule has 3 fully saturated rings. The third-order valence-corrected chi connectivity index (χ3v) is 8.03. The van der Waals surface area contributed by atoms with Gasteiger partial charge in [0.25, 0.3) is 0 Å². The van der Waals surface area contributed by atoms with Crippen molar-refractivity contribution in [3.05, 3.63) is 83.9 Å². The first kappa shape index (κ1) is 34.6. The fourth-order valence-corrected chi connectivity index (χ4v) is 5.58. The number of anilines is 4. The maximum absolute atomic E-state index is 12.4. The quantitative estimate of drug-likeness (QED) is 0.0550. The van der Waals surface area contributed by atoms with Crippen LogP contribution in [0.25, 0.3) is 0 Å². The Hall–Kier alpha value is -5.27. The summed E-state index contributed by atoms with van der Waals surface area (Å²) in [5.74, 6) is -4.96. The average Bonchev–Trinajstić information content (AvgIpc) is 3.38. The Morgan fingerprint density at radius 3 is 2.00 bits per heavy atom. The van der Waals surface area contributed by atoms with Gasteiger partial charge in [-0.2, -0.15) is 0 Å². The van der Waals surface area contributed by atoms with Gasteiger partial charge < -0.3 is 32.4 Å². The topological polar surface area (TPSA) is 226 Å². The van der Waals surface area contributed by atoms with Crippen molar-refractivity contribution in [2.75, 3.05) is 29.5 Å². The third kappa shape index (κ3) is 8.71. The second-order valence-corrected chi connectivity index (χ2v) is 11.9. The maximum Gasteiger partial charge on any atom is 0.317 e. The SMILES string of the molecule is CC(C)(OOCCc1ccc(N)cc1N)C(=O)c1ccccc1.Nc1ccc(N)cc1.O=C1CC2C3CC(C(=O)OC3=O)C2C(=O)O1. The third-order valence-electron chi connectivity index (χ3n) is 8.03. The lowest BCUT2D eigenvalue weighted by Crippen LogP contribution is -2.37. The number of ketones is 1. The summed E-state index contributed by atoms with van der Waals surface area (Å²) >= 11 is 0. The fraction of sp³-hybridized carbons (Fsp3) is 0.324. The minimum atomic E-state index is -1.06. The van der Waals surface area contributed by atoms with Crippen LogP contribution in [0.3, 0.4) is 0 Å². The zero-order valence-electron chi connectivity index (χ0n) is 26.0. The number of esters is 4. The Bertz CT molecular complexity index is 1610. The summed E-state index contributed by atoms with van der Waals surface area (Å²) in [7, 11) is 0. The molecule has 1 aliphatic carbocycles. The zero-order chi connectivity index (χ0) is 34.3. The number of nitrogens with two attached hydrogens (primary N) is 4. The number of hydrogen-bond donors (Lipinski definition) is 4. The number of ether oxygens (including phenoxy) is 2. The van der Waals surface area contributed by atoms with Crippen LogP contribution in [-0.2, 0) is 44.8 Å². The highest BCUT2D eigenvalue weighted by Crippen LogP contribution is 2.49. The van der Waals surface area contributed by atoms with E-state index in [2.05, 4.69) is 9.47 Å². The molecule has 2 bridgehead atoms. The number of benzene rings is 3. The Morgan fingerprint density at radius 1 is 0.787 bits per heavy atom. The molecular formula is C34H38N4O9. The minimum Gasteiger partial charge on any atom is -0.399 e. The number of carbonyl (C=O) groups is 5. The predicted octanol–water partition coefficient (Wildman–Crippen LogP) is 3.27. The summed E-state index contributed by atoms with van der Waals surface area (Å²) in [5, 5.41) is 0. The summed E-state index contributed by atoms with van der Waals surface area (Å²) in [6.45, 7) is 3.65. The van der Waals surface area contributed by atoms with E-state index in [1.54, 1.807) is 62.4 Å². The lowest BCUT2D eigenvalue weighted by atomic mass is 9.83. The smallest absolute Gasteiger partial charge is 0.317 e. The molecule has 2 heterocycles. The number of carbonyl (C=O) groups excluding carboxylic acids is 5. The molecule has 8 N–H and O–H groups in total. The van der Waals surface area contributed by atoms with E-state index in [9.17, 15) is 24.0 Å². The molecule has 248 valence electrons. The normalized spacial score (nSPS) is 21.2. The van der Waals surface area contributed by atoms with Crippen LogP contribution < -0.4 is 22.9 Å². The van der Waals surface area contributed by atoms with Gasteiger partial charge in [-0.3, -0.25) is 24.0 Å². The van der Waals surface area contributed by atoms with E-state index in [1.165, 1.54) is 0 Å². The number of hydrogen-bond acceptors (Lipinski definition) is 13. The summed E-state index contributed by atoms with van der Waals surface area (Å²) in [6.07, 6.45) is 0.886. The van der Waals surface area contributed by atoms with E-state index in [0.29, 0.717) is 36.4 Å². The van der Waals surface area contributed by atoms with Crippen LogP contribution in [-0.4, -0.2) is 41.9 Å². The van der Waals surface area contributed by atoms with Gasteiger partial charge in [0.05, 0.1) is 30.8 Å². The molecule has 1 saturated carbocycles. The molecule has 3 aliphatic rings. The Morgan fingerprint density at radius 2 is 1.38 bits per heavy atom. The van der Waals surface area contributed by atoms with Gasteiger partial charge in [0, 0.05) is 34.7 Å². The number of nitrogen functional groups attached to an aromatic ring is 4. The molecule has 13 nitrogen and oxygen atoms in total. The summed E-state index contributed by atoms with van der Waals surface area (Å²) in [5.41, 5.74) is 25.5. The van der Waals surface area contributed by atoms with Crippen molar-refractivity contribution in [1.82, 2.24) is 0 Å². The highest BCUT2D eigenvalue weighted by atomic mass is 17.2. The number of rotatable bonds is 7. The van der Waals surface area contributed by atoms with Gasteiger partial charge in [-0.1, -0.05) is 36.4 Å². The van der Waals surface area contributed by atoms with E-state index in [0.717, 1.165) is 16.9 Å². The van der Waals surface area contributed by atoms with Gasteiger partial charge >= 0.3 is 23.9 Å². The zero-order valence-corrected chi connectivity index (χ0v) is 26.0. The lowest BCUT2D eigenvalue weighted by molar-refractivity contribution is -0.336. The molecule has 4 atom stereocenters. The van der Waals surface area contributed by atoms with Gasteiger partial charge in [0.1, 0.15) is 0 Å². The first-order valence-corrected chi connectivity index (χ1v) is 14.9. The van der Waals surface area contributed by atoms with Crippen LogP contribution in [0, 0.1) is 23.7 Å². The van der Waals surface area contributed by atoms with Crippen LogP contribution in [0.2, 0.25) is 0 Å². The Labute approximate surface area is 271 Å². The molecule has 2 aliphatic heterocycles. The molecule has 0 radical (unpaired) electrons. The first-order valence-electron chi connectivity index (χ1n) is 14.9. The molecule has 4 unspecified atom stereocenters. The standard InChI is InChI=1S/C18H22N2O3.C10H8O6.C6H8N2/c1-18(2,17(21)14-6-4-3-5-7-14)23-22-11-10-13-8-9-15(19)12-16(13)20;11-6-2-3-4-1-5(7(3)10(14)15-6)9(13)16-8(4)12;7-5-1-2-6(8)4-3-5/h3-9,12H,10-11,19-20H2,1-2H3;3-5,7H,1-2H2;1-4H,7-8H2. The molecule has 0 amide bonds. The molecule has 0 spiro atoms. The first-order chi connectivity index (χ1) is 22.3. The summed E-state index contributed by atoms with van der Waals surface area (Å²) in [6, 6.07) is 21.4. The van der Waals surface area contributed by atoms with E-state index in [-0.39, 0.29) is 12.2 Å². The number of fused-ring (bicyclic) bond motifs is 5. The van der Waals surface area contributed by atoms with E-state index >= 15 is 0 Å². The van der Waals surface area contributed by atoms with Crippen LogP contribution in [0.1, 0.15) is 42.6 Å². The average molecular weight is 647 g/mol. The molecule has 6 rings (SSSR count). The van der Waals surface area contributed by atoms with Crippen molar-refractivity contribution >= 4 is 52.4 Å². The lowest BCUT2D eigenvalue weighted by Gasteiger charge is -2.24.